The smallest absolute Gasteiger partial charge is 0.269 e. The van der Waals surface area contributed by atoms with Crippen molar-refractivity contribution in [1.82, 2.24) is 0 Å². The first-order valence-electron chi connectivity index (χ1n) is 6.68. The maximum Gasteiger partial charge on any atom is 0.269 e. The highest BCUT2D eigenvalue weighted by Crippen LogP contribution is 2.48. The van der Waals surface area contributed by atoms with Crippen LogP contribution in [0.4, 0.5) is 5.69 Å². The number of rotatable bonds is 5. The number of nitro groups is 1. The molecule has 19 heavy (non-hydrogen) atoms. The number of hydrogen-bond donors (Lipinski definition) is 2. The van der Waals surface area contributed by atoms with Crippen LogP contribution in [0.15, 0.2) is 24.3 Å². The van der Waals surface area contributed by atoms with Crippen molar-refractivity contribution in [2.75, 3.05) is 13.2 Å². The van der Waals surface area contributed by atoms with E-state index in [9.17, 15) is 15.2 Å². The Morgan fingerprint density at radius 2 is 2.11 bits per heavy atom. The Kier molecular flexibility index (Phi) is 4.17. The van der Waals surface area contributed by atoms with Gasteiger partial charge >= 0.3 is 0 Å². The highest BCUT2D eigenvalue weighted by Gasteiger charge is 2.41. The normalized spacial score (nSPS) is 19.3. The molecule has 1 aliphatic rings. The van der Waals surface area contributed by atoms with E-state index in [0.29, 0.717) is 6.54 Å². The van der Waals surface area contributed by atoms with Gasteiger partial charge in [0.2, 0.25) is 0 Å². The van der Waals surface area contributed by atoms with Crippen LogP contribution in [-0.4, -0.2) is 23.2 Å². The molecule has 0 bridgehead atoms. The average molecular weight is 264 g/mol. The molecule has 1 aromatic carbocycles. The Labute approximate surface area is 112 Å². The number of non-ortho nitro benzene ring substituents is 1. The van der Waals surface area contributed by atoms with Crippen LogP contribution in [0, 0.1) is 15.5 Å². The van der Waals surface area contributed by atoms with E-state index in [2.05, 4.69) is 0 Å². The molecule has 104 valence electrons. The Morgan fingerprint density at radius 3 is 2.63 bits per heavy atom. The maximum absolute atomic E-state index is 10.9. The predicted octanol–water partition coefficient (Wildman–Crippen LogP) is 2.19. The zero-order chi connectivity index (χ0) is 13.9. The lowest BCUT2D eigenvalue weighted by atomic mass is 9.71. The minimum Gasteiger partial charge on any atom is -0.396 e. The fourth-order valence-corrected chi connectivity index (χ4v) is 3.29. The number of nitrogens with zero attached hydrogens (tertiary/aromatic N) is 1. The average Bonchev–Trinajstić information content (AvgIpc) is 2.90. The molecule has 1 saturated carbocycles. The van der Waals surface area contributed by atoms with Gasteiger partial charge in [0.05, 0.1) is 4.92 Å². The molecule has 1 atom stereocenters. The summed E-state index contributed by atoms with van der Waals surface area (Å²) in [5.41, 5.74) is 6.64. The fraction of sp³-hybridized carbons (Fsp3) is 0.571. The fourth-order valence-electron chi connectivity index (χ4n) is 3.29. The van der Waals surface area contributed by atoms with E-state index in [-0.39, 0.29) is 23.6 Å². The lowest BCUT2D eigenvalue weighted by Gasteiger charge is -2.35. The third kappa shape index (κ3) is 2.62. The third-order valence-corrected chi connectivity index (χ3v) is 4.37. The van der Waals surface area contributed by atoms with Crippen molar-refractivity contribution in [2.24, 2.45) is 11.1 Å². The number of nitro benzene ring substituents is 1. The van der Waals surface area contributed by atoms with Gasteiger partial charge in [-0.1, -0.05) is 25.0 Å². The third-order valence-electron chi connectivity index (χ3n) is 4.37. The van der Waals surface area contributed by atoms with Crippen LogP contribution in [-0.2, 0) is 0 Å². The largest absolute Gasteiger partial charge is 0.396 e. The van der Waals surface area contributed by atoms with Crippen LogP contribution in [0.25, 0.3) is 0 Å². The molecule has 3 N–H and O–H groups in total. The summed E-state index contributed by atoms with van der Waals surface area (Å²) in [5.74, 6) is -0.0140. The number of aliphatic hydroxyl groups is 1. The van der Waals surface area contributed by atoms with Crippen molar-refractivity contribution in [3.63, 3.8) is 0 Å². The molecule has 0 saturated heterocycles. The summed E-state index contributed by atoms with van der Waals surface area (Å²) in [6.45, 7) is 0.499. The Hall–Kier alpha value is -1.46. The summed E-state index contributed by atoms with van der Waals surface area (Å²) < 4.78 is 0. The Bertz CT molecular complexity index is 456. The first-order chi connectivity index (χ1) is 9.13. The zero-order valence-corrected chi connectivity index (χ0v) is 10.9. The van der Waals surface area contributed by atoms with Gasteiger partial charge in [0, 0.05) is 30.1 Å². The molecule has 0 unspecified atom stereocenters. The molecule has 0 amide bonds. The van der Waals surface area contributed by atoms with Gasteiger partial charge < -0.3 is 10.8 Å². The minimum atomic E-state index is -0.392. The summed E-state index contributed by atoms with van der Waals surface area (Å²) in [6, 6.07) is 6.64. The van der Waals surface area contributed by atoms with Crippen LogP contribution >= 0.6 is 0 Å². The van der Waals surface area contributed by atoms with Gasteiger partial charge in [-0.3, -0.25) is 10.1 Å². The van der Waals surface area contributed by atoms with Crippen molar-refractivity contribution in [1.29, 1.82) is 0 Å². The standard InChI is InChI=1S/C14H20N2O3/c15-9-13(14(10-17)6-1-2-7-14)11-4-3-5-12(8-11)16(18)19/h3-5,8,13,17H,1-2,6-7,9-10,15H2/t13-/m0/s1. The number of nitrogens with two attached hydrogens (primary N) is 1. The maximum atomic E-state index is 10.9. The topological polar surface area (TPSA) is 89.4 Å². The molecule has 0 spiro atoms. The molecule has 0 aromatic heterocycles. The Morgan fingerprint density at radius 1 is 1.42 bits per heavy atom. The van der Waals surface area contributed by atoms with Crippen molar-refractivity contribution in [2.45, 2.75) is 31.6 Å². The first kappa shape index (κ1) is 14.0. The zero-order valence-electron chi connectivity index (χ0n) is 10.9. The van der Waals surface area contributed by atoms with Gasteiger partial charge in [0.1, 0.15) is 0 Å². The number of aliphatic hydroxyl groups excluding tert-OH is 1. The van der Waals surface area contributed by atoms with Gasteiger partial charge in [-0.05, 0) is 24.9 Å². The molecular formula is C14H20N2O3. The molecular weight excluding hydrogens is 244 g/mol. The van der Waals surface area contributed by atoms with Gasteiger partial charge in [-0.25, -0.2) is 0 Å². The molecule has 5 nitrogen and oxygen atoms in total. The van der Waals surface area contributed by atoms with Crippen molar-refractivity contribution in [3.8, 4) is 0 Å². The van der Waals surface area contributed by atoms with E-state index in [1.807, 2.05) is 6.07 Å². The Balaban J connectivity index is 2.36. The van der Waals surface area contributed by atoms with E-state index in [0.717, 1.165) is 31.2 Å². The molecule has 0 aliphatic heterocycles. The van der Waals surface area contributed by atoms with Gasteiger partial charge in [-0.15, -0.1) is 0 Å². The molecule has 2 rings (SSSR count). The number of hydrogen-bond acceptors (Lipinski definition) is 4. The van der Waals surface area contributed by atoms with E-state index >= 15 is 0 Å². The van der Waals surface area contributed by atoms with E-state index < -0.39 is 4.92 Å². The van der Waals surface area contributed by atoms with E-state index in [4.69, 9.17) is 5.73 Å². The van der Waals surface area contributed by atoms with Crippen molar-refractivity contribution in [3.05, 3.63) is 39.9 Å². The summed E-state index contributed by atoms with van der Waals surface area (Å²) in [6.07, 6.45) is 4.06. The number of benzene rings is 1. The van der Waals surface area contributed by atoms with Crippen LogP contribution in [0.3, 0.4) is 0 Å². The van der Waals surface area contributed by atoms with Crippen LogP contribution < -0.4 is 5.73 Å². The molecule has 1 aliphatic carbocycles. The van der Waals surface area contributed by atoms with Gasteiger partial charge in [0.15, 0.2) is 0 Å². The second-order valence-electron chi connectivity index (χ2n) is 5.37. The highest BCUT2D eigenvalue weighted by molar-refractivity contribution is 5.37. The lowest BCUT2D eigenvalue weighted by molar-refractivity contribution is -0.384. The van der Waals surface area contributed by atoms with E-state index in [1.165, 1.54) is 6.07 Å². The second-order valence-corrected chi connectivity index (χ2v) is 5.37. The van der Waals surface area contributed by atoms with Crippen LogP contribution in [0.5, 0.6) is 0 Å². The van der Waals surface area contributed by atoms with E-state index in [1.54, 1.807) is 12.1 Å². The second kappa shape index (κ2) is 5.67. The van der Waals surface area contributed by atoms with Crippen molar-refractivity contribution < 1.29 is 10.0 Å². The summed E-state index contributed by atoms with van der Waals surface area (Å²) in [7, 11) is 0. The monoisotopic (exact) mass is 264 g/mol. The van der Waals surface area contributed by atoms with Crippen LogP contribution in [0.2, 0.25) is 0 Å². The van der Waals surface area contributed by atoms with Crippen molar-refractivity contribution >= 4 is 5.69 Å². The van der Waals surface area contributed by atoms with Gasteiger partial charge in [-0.2, -0.15) is 0 Å². The van der Waals surface area contributed by atoms with Crippen LogP contribution in [0.1, 0.15) is 37.2 Å². The first-order valence-corrected chi connectivity index (χ1v) is 6.68. The van der Waals surface area contributed by atoms with Gasteiger partial charge in [0.25, 0.3) is 5.69 Å². The molecule has 0 radical (unpaired) electrons. The molecule has 5 heteroatoms. The highest BCUT2D eigenvalue weighted by atomic mass is 16.6. The lowest BCUT2D eigenvalue weighted by Crippen LogP contribution is -2.34. The minimum absolute atomic E-state index is 0.0140. The molecule has 1 fully saturated rings. The molecule has 0 heterocycles. The summed E-state index contributed by atoms with van der Waals surface area (Å²) in [4.78, 5) is 10.5. The SMILES string of the molecule is NC[C@@H](c1cccc([N+](=O)[O-])c1)C1(CO)CCCC1. The summed E-state index contributed by atoms with van der Waals surface area (Å²) >= 11 is 0. The quantitative estimate of drug-likeness (QED) is 0.630. The summed E-state index contributed by atoms with van der Waals surface area (Å²) in [5, 5.41) is 20.6. The predicted molar refractivity (Wildman–Crippen MR) is 72.9 cm³/mol. The molecule has 1 aromatic rings.